The molecular formula is C24H37ClN4O2. The van der Waals surface area contributed by atoms with Gasteiger partial charge >= 0.3 is 0 Å². The van der Waals surface area contributed by atoms with Crippen LogP contribution in [0.2, 0.25) is 5.02 Å². The Hall–Kier alpha value is -1.79. The first kappa shape index (κ1) is 23.9. The summed E-state index contributed by atoms with van der Waals surface area (Å²) in [6.07, 6.45) is 3.30. The van der Waals surface area contributed by atoms with Crippen molar-refractivity contribution in [3.63, 3.8) is 0 Å². The smallest absolute Gasteiger partial charge is 0.251 e. The molecule has 172 valence electrons. The normalized spacial score (nSPS) is 25.2. The van der Waals surface area contributed by atoms with Crippen LogP contribution in [0, 0.1) is 24.7 Å². The number of halogens is 1. The van der Waals surface area contributed by atoms with Crippen molar-refractivity contribution in [1.29, 1.82) is 0 Å². The second-order valence-corrected chi connectivity index (χ2v) is 10.1. The Bertz CT molecular complexity index is 807. The topological polar surface area (TPSA) is 64.7 Å². The molecule has 3 atom stereocenters. The molecule has 0 radical (unpaired) electrons. The molecule has 2 amide bonds. The summed E-state index contributed by atoms with van der Waals surface area (Å²) in [5.41, 5.74) is 2.50. The molecule has 2 aliphatic rings. The highest BCUT2D eigenvalue weighted by atomic mass is 35.5. The number of carbonyl (C=O) groups excluding carboxylic acids is 2. The molecule has 0 saturated carbocycles. The number of piperidine rings is 2. The van der Waals surface area contributed by atoms with E-state index in [4.69, 9.17) is 11.6 Å². The minimum Gasteiger partial charge on any atom is -0.374 e. The van der Waals surface area contributed by atoms with E-state index in [9.17, 15) is 9.59 Å². The Kier molecular flexibility index (Phi) is 7.87. The largest absolute Gasteiger partial charge is 0.374 e. The van der Waals surface area contributed by atoms with E-state index < -0.39 is 0 Å². The lowest BCUT2D eigenvalue weighted by atomic mass is 9.84. The van der Waals surface area contributed by atoms with Crippen LogP contribution in [0.5, 0.6) is 0 Å². The van der Waals surface area contributed by atoms with Crippen molar-refractivity contribution in [1.82, 2.24) is 15.5 Å². The zero-order valence-electron chi connectivity index (χ0n) is 19.5. The van der Waals surface area contributed by atoms with E-state index in [2.05, 4.69) is 41.5 Å². The van der Waals surface area contributed by atoms with Gasteiger partial charge in [-0.15, -0.1) is 0 Å². The maximum absolute atomic E-state index is 13.0. The number of likely N-dealkylation sites (tertiary alicyclic amines) is 1. The Balaban J connectivity index is 1.68. The highest BCUT2D eigenvalue weighted by Crippen LogP contribution is 2.29. The molecule has 7 heteroatoms. The second kappa shape index (κ2) is 10.2. The van der Waals surface area contributed by atoms with Gasteiger partial charge in [0.1, 0.15) is 0 Å². The van der Waals surface area contributed by atoms with Crippen LogP contribution in [0.1, 0.15) is 49.0 Å². The van der Waals surface area contributed by atoms with Crippen LogP contribution in [0.15, 0.2) is 12.1 Å². The molecule has 0 spiro atoms. The fourth-order valence-corrected chi connectivity index (χ4v) is 5.22. The average Bonchev–Trinajstić information content (AvgIpc) is 2.70. The van der Waals surface area contributed by atoms with Crippen LogP contribution >= 0.6 is 11.6 Å². The predicted octanol–water partition coefficient (Wildman–Crippen LogP) is 3.32. The van der Waals surface area contributed by atoms with Crippen molar-refractivity contribution in [2.24, 2.45) is 17.8 Å². The molecule has 2 fully saturated rings. The SMILES string of the molecule is Cc1c(C(=O)NCC2C(=O)NC(C)CC2C)cc(Cl)cc1N(C)CC1CCN(C)CC1. The van der Waals surface area contributed by atoms with Gasteiger partial charge in [0.15, 0.2) is 0 Å². The Morgan fingerprint density at radius 3 is 2.61 bits per heavy atom. The van der Waals surface area contributed by atoms with Gasteiger partial charge in [-0.1, -0.05) is 18.5 Å². The highest BCUT2D eigenvalue weighted by Gasteiger charge is 2.32. The van der Waals surface area contributed by atoms with E-state index in [0.717, 1.165) is 37.3 Å². The Morgan fingerprint density at radius 1 is 1.29 bits per heavy atom. The summed E-state index contributed by atoms with van der Waals surface area (Å²) in [4.78, 5) is 30.0. The van der Waals surface area contributed by atoms with Crippen molar-refractivity contribution in [2.45, 2.75) is 46.1 Å². The van der Waals surface area contributed by atoms with Gasteiger partial charge in [-0.2, -0.15) is 0 Å². The zero-order chi connectivity index (χ0) is 22.7. The van der Waals surface area contributed by atoms with Crippen LogP contribution in [-0.4, -0.2) is 63.0 Å². The quantitative estimate of drug-likeness (QED) is 0.700. The van der Waals surface area contributed by atoms with Crippen molar-refractivity contribution in [3.05, 3.63) is 28.3 Å². The first-order valence-corrected chi connectivity index (χ1v) is 11.8. The first-order valence-electron chi connectivity index (χ1n) is 11.4. The number of amides is 2. The van der Waals surface area contributed by atoms with Crippen molar-refractivity contribution >= 4 is 29.1 Å². The van der Waals surface area contributed by atoms with Gasteiger partial charge < -0.3 is 20.4 Å². The van der Waals surface area contributed by atoms with Gasteiger partial charge in [-0.05, 0) is 82.8 Å². The van der Waals surface area contributed by atoms with Gasteiger partial charge in [0.05, 0.1) is 5.92 Å². The van der Waals surface area contributed by atoms with Gasteiger partial charge in [0.25, 0.3) is 5.91 Å². The fraction of sp³-hybridized carbons (Fsp3) is 0.667. The number of benzene rings is 1. The monoisotopic (exact) mass is 448 g/mol. The number of hydrogen-bond acceptors (Lipinski definition) is 4. The number of hydrogen-bond donors (Lipinski definition) is 2. The van der Waals surface area contributed by atoms with Crippen LogP contribution in [-0.2, 0) is 4.79 Å². The zero-order valence-corrected chi connectivity index (χ0v) is 20.3. The number of rotatable bonds is 6. The van der Waals surface area contributed by atoms with Gasteiger partial charge in [-0.25, -0.2) is 0 Å². The van der Waals surface area contributed by atoms with Crippen LogP contribution in [0.4, 0.5) is 5.69 Å². The summed E-state index contributed by atoms with van der Waals surface area (Å²) in [6, 6.07) is 3.86. The summed E-state index contributed by atoms with van der Waals surface area (Å²) in [6.45, 7) is 9.62. The minimum absolute atomic E-state index is 0.0212. The molecule has 31 heavy (non-hydrogen) atoms. The third kappa shape index (κ3) is 5.92. The summed E-state index contributed by atoms with van der Waals surface area (Å²) in [7, 11) is 4.25. The molecule has 3 rings (SSSR count). The molecule has 0 aromatic heterocycles. The van der Waals surface area contributed by atoms with E-state index in [-0.39, 0.29) is 29.7 Å². The molecular weight excluding hydrogens is 412 g/mol. The maximum Gasteiger partial charge on any atom is 0.251 e. The molecule has 0 bridgehead atoms. The fourth-order valence-electron chi connectivity index (χ4n) is 5.01. The molecule has 2 N–H and O–H groups in total. The molecule has 3 unspecified atom stereocenters. The van der Waals surface area contributed by atoms with Crippen molar-refractivity contribution < 1.29 is 9.59 Å². The van der Waals surface area contributed by atoms with E-state index in [0.29, 0.717) is 23.0 Å². The molecule has 1 aromatic carbocycles. The van der Waals surface area contributed by atoms with E-state index in [1.165, 1.54) is 12.8 Å². The Morgan fingerprint density at radius 2 is 1.97 bits per heavy atom. The maximum atomic E-state index is 13.0. The lowest BCUT2D eigenvalue weighted by Gasteiger charge is -2.33. The minimum atomic E-state index is -0.203. The molecule has 1 aromatic rings. The lowest BCUT2D eigenvalue weighted by Crippen LogP contribution is -2.50. The number of carbonyl (C=O) groups is 2. The third-order valence-electron chi connectivity index (χ3n) is 6.99. The van der Waals surface area contributed by atoms with Crippen LogP contribution in [0.3, 0.4) is 0 Å². The van der Waals surface area contributed by atoms with Gasteiger partial charge in [0, 0.05) is 42.5 Å². The summed E-state index contributed by atoms with van der Waals surface area (Å²) in [5, 5.41) is 6.52. The van der Waals surface area contributed by atoms with Crippen molar-refractivity contribution in [2.75, 3.05) is 45.2 Å². The summed E-state index contributed by atoms with van der Waals surface area (Å²) in [5.74, 6) is 0.526. The summed E-state index contributed by atoms with van der Waals surface area (Å²) < 4.78 is 0. The number of anilines is 1. The van der Waals surface area contributed by atoms with Crippen LogP contribution < -0.4 is 15.5 Å². The first-order chi connectivity index (χ1) is 14.7. The summed E-state index contributed by atoms with van der Waals surface area (Å²) >= 11 is 6.41. The van der Waals surface area contributed by atoms with Gasteiger partial charge in [-0.3, -0.25) is 9.59 Å². The average molecular weight is 449 g/mol. The third-order valence-corrected chi connectivity index (χ3v) is 7.21. The van der Waals surface area contributed by atoms with E-state index in [1.54, 1.807) is 6.07 Å². The molecule has 0 aliphatic carbocycles. The Labute approximate surface area is 191 Å². The molecule has 6 nitrogen and oxygen atoms in total. The number of nitrogens with zero attached hydrogens (tertiary/aromatic N) is 2. The lowest BCUT2D eigenvalue weighted by molar-refractivity contribution is -0.129. The highest BCUT2D eigenvalue weighted by molar-refractivity contribution is 6.31. The van der Waals surface area contributed by atoms with Crippen molar-refractivity contribution in [3.8, 4) is 0 Å². The molecule has 2 heterocycles. The van der Waals surface area contributed by atoms with Crippen LogP contribution in [0.25, 0.3) is 0 Å². The van der Waals surface area contributed by atoms with E-state index >= 15 is 0 Å². The molecule has 2 aliphatic heterocycles. The van der Waals surface area contributed by atoms with E-state index in [1.807, 2.05) is 19.9 Å². The predicted molar refractivity (Wildman–Crippen MR) is 127 cm³/mol. The van der Waals surface area contributed by atoms with Gasteiger partial charge in [0.2, 0.25) is 5.91 Å². The second-order valence-electron chi connectivity index (χ2n) is 9.66. The number of nitrogens with one attached hydrogen (secondary N) is 2. The molecule has 2 saturated heterocycles. The standard InChI is InChI=1S/C24H37ClN4O2/c1-15-10-16(2)27-24(31)21(15)13-26-23(30)20-11-19(25)12-22(17(20)3)29(5)14-18-6-8-28(4)9-7-18/h11-12,15-16,18,21H,6-10,13-14H2,1-5H3,(H,26,30)(H,27,31).